The molecule has 1 aromatic carbocycles. The summed E-state index contributed by atoms with van der Waals surface area (Å²) in [6.45, 7) is 4.36. The molecule has 0 spiro atoms. The Morgan fingerprint density at radius 2 is 1.82 bits per heavy atom. The average molecular weight is 327 g/mol. The van der Waals surface area contributed by atoms with E-state index in [0.717, 1.165) is 37.1 Å². The fourth-order valence-electron chi connectivity index (χ4n) is 3.82. The Bertz CT molecular complexity index is 484. The largest absolute Gasteiger partial charge is 0.491 e. The number of rotatable bonds is 6. The van der Waals surface area contributed by atoms with Crippen molar-refractivity contribution < 1.29 is 13.5 Å². The van der Waals surface area contributed by atoms with Crippen LogP contribution < -0.4 is 4.74 Å². The Morgan fingerprint density at radius 3 is 2.41 bits per heavy atom. The molecule has 1 aliphatic rings. The van der Waals surface area contributed by atoms with Gasteiger partial charge in [0.2, 0.25) is 5.82 Å². The highest BCUT2D eigenvalue weighted by molar-refractivity contribution is 6.11. The SMILES string of the molecule is CCCC([SiH3])[C@H]1CC[C@H](c2ccc(OCC)c(F)c2F)CC1. The Morgan fingerprint density at radius 1 is 1.14 bits per heavy atom. The van der Waals surface area contributed by atoms with Crippen LogP contribution in [0.1, 0.15) is 63.9 Å². The van der Waals surface area contributed by atoms with E-state index in [4.69, 9.17) is 4.74 Å². The molecule has 0 amide bonds. The van der Waals surface area contributed by atoms with Crippen molar-refractivity contribution in [3.05, 3.63) is 29.3 Å². The molecule has 0 aromatic heterocycles. The minimum Gasteiger partial charge on any atom is -0.491 e. The monoisotopic (exact) mass is 326 g/mol. The molecule has 1 fully saturated rings. The summed E-state index contributed by atoms with van der Waals surface area (Å²) in [6, 6.07) is 3.30. The van der Waals surface area contributed by atoms with Crippen LogP contribution in [-0.4, -0.2) is 16.8 Å². The highest BCUT2D eigenvalue weighted by Gasteiger charge is 2.28. The van der Waals surface area contributed by atoms with E-state index in [9.17, 15) is 8.78 Å². The first-order chi connectivity index (χ1) is 10.6. The molecule has 0 heterocycles. The molecule has 1 unspecified atom stereocenters. The molecule has 1 aromatic rings. The van der Waals surface area contributed by atoms with Gasteiger partial charge in [0.05, 0.1) is 6.61 Å². The van der Waals surface area contributed by atoms with Gasteiger partial charge in [0.15, 0.2) is 11.6 Å². The Hall–Kier alpha value is -0.903. The number of benzene rings is 1. The first-order valence-electron chi connectivity index (χ1n) is 8.69. The second-order valence-electron chi connectivity index (χ2n) is 6.59. The fourth-order valence-corrected chi connectivity index (χ4v) is 5.06. The molecule has 1 saturated carbocycles. The number of halogens is 2. The van der Waals surface area contributed by atoms with E-state index in [1.54, 1.807) is 19.1 Å². The van der Waals surface area contributed by atoms with Gasteiger partial charge in [0, 0.05) is 10.2 Å². The summed E-state index contributed by atoms with van der Waals surface area (Å²) in [5.74, 6) is -0.533. The van der Waals surface area contributed by atoms with Gasteiger partial charge in [-0.3, -0.25) is 0 Å². The molecule has 2 rings (SSSR count). The molecule has 0 N–H and O–H groups in total. The molecule has 1 atom stereocenters. The number of hydrogen-bond acceptors (Lipinski definition) is 1. The molecule has 124 valence electrons. The first-order valence-corrected chi connectivity index (χ1v) is 9.84. The van der Waals surface area contributed by atoms with Crippen LogP contribution in [0.15, 0.2) is 12.1 Å². The first kappa shape index (κ1) is 17.5. The summed E-state index contributed by atoms with van der Waals surface area (Å²) in [5, 5.41) is 0. The van der Waals surface area contributed by atoms with Crippen LogP contribution in [0.3, 0.4) is 0 Å². The fraction of sp³-hybridized carbons (Fsp3) is 0.667. The lowest BCUT2D eigenvalue weighted by molar-refractivity contribution is 0.293. The Labute approximate surface area is 135 Å². The van der Waals surface area contributed by atoms with Gasteiger partial charge in [-0.1, -0.05) is 31.4 Å². The lowest BCUT2D eigenvalue weighted by Gasteiger charge is -2.32. The zero-order chi connectivity index (χ0) is 16.1. The van der Waals surface area contributed by atoms with Crippen molar-refractivity contribution in [3.63, 3.8) is 0 Å². The summed E-state index contributed by atoms with van der Waals surface area (Å²) < 4.78 is 33.4. The minimum atomic E-state index is -0.826. The van der Waals surface area contributed by atoms with Crippen molar-refractivity contribution in [2.24, 2.45) is 5.92 Å². The molecule has 0 aliphatic heterocycles. The van der Waals surface area contributed by atoms with Gasteiger partial charge < -0.3 is 4.74 Å². The van der Waals surface area contributed by atoms with Crippen molar-refractivity contribution in [1.82, 2.24) is 0 Å². The topological polar surface area (TPSA) is 9.23 Å². The minimum absolute atomic E-state index is 0.0278. The van der Waals surface area contributed by atoms with E-state index in [1.807, 2.05) is 0 Å². The second-order valence-corrected chi connectivity index (χ2v) is 8.07. The Kier molecular flexibility index (Phi) is 6.42. The van der Waals surface area contributed by atoms with E-state index in [0.29, 0.717) is 12.2 Å². The zero-order valence-corrected chi connectivity index (χ0v) is 16.0. The molecule has 0 bridgehead atoms. The average Bonchev–Trinajstić information content (AvgIpc) is 2.53. The number of ether oxygens (including phenoxy) is 1. The van der Waals surface area contributed by atoms with Crippen molar-refractivity contribution >= 4 is 10.2 Å². The van der Waals surface area contributed by atoms with E-state index in [2.05, 4.69) is 6.92 Å². The van der Waals surface area contributed by atoms with E-state index in [1.165, 1.54) is 23.1 Å². The van der Waals surface area contributed by atoms with Crippen LogP contribution >= 0.6 is 0 Å². The molecule has 0 radical (unpaired) electrons. The van der Waals surface area contributed by atoms with Gasteiger partial charge in [-0.25, -0.2) is 4.39 Å². The van der Waals surface area contributed by atoms with Crippen LogP contribution in [0.5, 0.6) is 5.75 Å². The van der Waals surface area contributed by atoms with Gasteiger partial charge in [-0.05, 0) is 56.1 Å². The van der Waals surface area contributed by atoms with E-state index >= 15 is 0 Å². The molecule has 22 heavy (non-hydrogen) atoms. The van der Waals surface area contributed by atoms with Crippen molar-refractivity contribution in [1.29, 1.82) is 0 Å². The van der Waals surface area contributed by atoms with Gasteiger partial charge in [-0.2, -0.15) is 4.39 Å². The smallest absolute Gasteiger partial charge is 0.200 e. The third-order valence-corrected chi connectivity index (χ3v) is 6.66. The maximum atomic E-state index is 14.3. The quantitative estimate of drug-likeness (QED) is 0.695. The summed E-state index contributed by atoms with van der Waals surface area (Å²) in [4.78, 5) is 0. The van der Waals surface area contributed by atoms with Crippen LogP contribution in [-0.2, 0) is 0 Å². The molecular weight excluding hydrogens is 298 g/mol. The highest BCUT2D eigenvalue weighted by Crippen LogP contribution is 2.42. The predicted molar refractivity (Wildman–Crippen MR) is 90.8 cm³/mol. The molecule has 0 saturated heterocycles. The lowest BCUT2D eigenvalue weighted by Crippen LogP contribution is -2.19. The molecular formula is C18H28F2OSi. The van der Waals surface area contributed by atoms with Crippen LogP contribution in [0.4, 0.5) is 8.78 Å². The Balaban J connectivity index is 2.04. The summed E-state index contributed by atoms with van der Waals surface area (Å²) >= 11 is 0. The summed E-state index contributed by atoms with van der Waals surface area (Å²) in [7, 11) is 1.25. The maximum Gasteiger partial charge on any atom is 0.200 e. The van der Waals surface area contributed by atoms with Crippen LogP contribution in [0.25, 0.3) is 0 Å². The second kappa shape index (κ2) is 8.09. The third-order valence-electron chi connectivity index (χ3n) is 5.14. The molecule has 1 aliphatic carbocycles. The van der Waals surface area contributed by atoms with Crippen LogP contribution in [0, 0.1) is 17.6 Å². The van der Waals surface area contributed by atoms with Crippen LogP contribution in [0.2, 0.25) is 5.54 Å². The maximum absolute atomic E-state index is 14.3. The normalized spacial score (nSPS) is 23.5. The van der Waals surface area contributed by atoms with E-state index < -0.39 is 11.6 Å². The number of hydrogen-bond donors (Lipinski definition) is 0. The van der Waals surface area contributed by atoms with Gasteiger partial charge in [0.25, 0.3) is 0 Å². The van der Waals surface area contributed by atoms with Crippen molar-refractivity contribution in [3.8, 4) is 5.75 Å². The lowest BCUT2D eigenvalue weighted by atomic mass is 9.76. The van der Waals surface area contributed by atoms with Gasteiger partial charge in [-0.15, -0.1) is 0 Å². The third kappa shape index (κ3) is 3.89. The predicted octanol–water partition coefficient (Wildman–Crippen LogP) is 4.59. The van der Waals surface area contributed by atoms with Gasteiger partial charge in [0.1, 0.15) is 0 Å². The highest BCUT2D eigenvalue weighted by atomic mass is 28.1. The zero-order valence-electron chi connectivity index (χ0n) is 14.0. The van der Waals surface area contributed by atoms with Crippen molar-refractivity contribution in [2.45, 2.75) is 63.8 Å². The standard InChI is InChI=1S/C18H28F2OSi/c1-3-5-16(22)13-8-6-12(7-9-13)14-10-11-15(21-4-2)18(20)17(14)19/h10-13,16H,3-9H2,1-2,22H3/t12-,13-,16?. The summed E-state index contributed by atoms with van der Waals surface area (Å²) in [5.41, 5.74) is 1.42. The summed E-state index contributed by atoms with van der Waals surface area (Å²) in [6.07, 6.45) is 6.87. The molecule has 1 nitrogen and oxygen atoms in total. The van der Waals surface area contributed by atoms with E-state index in [-0.39, 0.29) is 11.7 Å². The van der Waals surface area contributed by atoms with Crippen molar-refractivity contribution in [2.75, 3.05) is 6.61 Å². The van der Waals surface area contributed by atoms with Gasteiger partial charge >= 0.3 is 0 Å². The molecule has 4 heteroatoms.